The summed E-state index contributed by atoms with van der Waals surface area (Å²) < 4.78 is 5.52. The molecule has 0 radical (unpaired) electrons. The first-order chi connectivity index (χ1) is 10.7. The molecule has 4 heteroatoms. The molecule has 1 aliphatic heterocycles. The fourth-order valence-corrected chi connectivity index (χ4v) is 4.24. The smallest absolute Gasteiger partial charge is 0.248 e. The summed E-state index contributed by atoms with van der Waals surface area (Å²) >= 11 is 0. The van der Waals surface area contributed by atoms with Crippen molar-refractivity contribution in [2.75, 3.05) is 13.2 Å². The molecule has 4 nitrogen and oxygen atoms in total. The predicted octanol–water partition coefficient (Wildman–Crippen LogP) is 3.11. The monoisotopic (exact) mass is 298 g/mol. The van der Waals surface area contributed by atoms with Gasteiger partial charge in [0.2, 0.25) is 5.91 Å². The van der Waals surface area contributed by atoms with Crippen molar-refractivity contribution in [3.63, 3.8) is 0 Å². The summed E-state index contributed by atoms with van der Waals surface area (Å²) in [5.41, 5.74) is 9.97. The average Bonchev–Trinajstić information content (AvgIpc) is 2.93. The molecule has 116 valence electrons. The molecule has 1 unspecified atom stereocenters. The minimum Gasteiger partial charge on any atom is -0.381 e. The molecule has 1 fully saturated rings. The van der Waals surface area contributed by atoms with E-state index in [0.29, 0.717) is 11.5 Å². The first kappa shape index (κ1) is 13.8. The minimum absolute atomic E-state index is 0.353. The summed E-state index contributed by atoms with van der Waals surface area (Å²) in [6, 6.07) is 5.77. The van der Waals surface area contributed by atoms with Crippen molar-refractivity contribution in [2.45, 2.75) is 38.0 Å². The van der Waals surface area contributed by atoms with Gasteiger partial charge < -0.3 is 15.5 Å². The highest BCUT2D eigenvalue weighted by Crippen LogP contribution is 2.43. The van der Waals surface area contributed by atoms with E-state index in [9.17, 15) is 4.79 Å². The Hall–Kier alpha value is -1.81. The normalized spacial score (nSPS) is 22.6. The Bertz CT molecular complexity index is 713. The van der Waals surface area contributed by atoms with Crippen LogP contribution < -0.4 is 5.73 Å². The van der Waals surface area contributed by atoms with Crippen LogP contribution >= 0.6 is 0 Å². The Labute approximate surface area is 130 Å². The van der Waals surface area contributed by atoms with Crippen molar-refractivity contribution in [3.8, 4) is 0 Å². The van der Waals surface area contributed by atoms with Crippen LogP contribution in [0.2, 0.25) is 0 Å². The number of hydrogen-bond acceptors (Lipinski definition) is 2. The Morgan fingerprint density at radius 1 is 1.23 bits per heavy atom. The number of amides is 1. The maximum atomic E-state index is 11.4. The van der Waals surface area contributed by atoms with Crippen LogP contribution in [-0.4, -0.2) is 24.1 Å². The number of carbonyl (C=O) groups is 1. The van der Waals surface area contributed by atoms with E-state index in [1.807, 2.05) is 18.2 Å². The lowest BCUT2D eigenvalue weighted by Gasteiger charge is -2.33. The number of hydrogen-bond donors (Lipinski definition) is 2. The van der Waals surface area contributed by atoms with Gasteiger partial charge in [-0.1, -0.05) is 0 Å². The van der Waals surface area contributed by atoms with Crippen LogP contribution in [0.5, 0.6) is 0 Å². The molecule has 2 aromatic rings. The summed E-state index contributed by atoms with van der Waals surface area (Å²) in [5.74, 6) is 0.974. The SMILES string of the molecule is NC(=O)c1ccc2[nH]c3c(c2c1)CCCC3C1CCOCC1. The van der Waals surface area contributed by atoms with Crippen molar-refractivity contribution < 1.29 is 9.53 Å². The fourth-order valence-electron chi connectivity index (χ4n) is 4.24. The molecule has 0 bridgehead atoms. The van der Waals surface area contributed by atoms with Gasteiger partial charge in [0.15, 0.2) is 0 Å². The zero-order valence-corrected chi connectivity index (χ0v) is 12.7. The number of ether oxygens (including phenoxy) is 1. The van der Waals surface area contributed by atoms with Crippen molar-refractivity contribution >= 4 is 16.8 Å². The molecule has 1 atom stereocenters. The fraction of sp³-hybridized carbons (Fsp3) is 0.500. The van der Waals surface area contributed by atoms with Crippen LogP contribution in [0.1, 0.15) is 53.2 Å². The number of aromatic amines is 1. The van der Waals surface area contributed by atoms with E-state index >= 15 is 0 Å². The molecule has 2 aliphatic rings. The Balaban J connectivity index is 1.78. The van der Waals surface area contributed by atoms with Crippen LogP contribution in [0.3, 0.4) is 0 Å². The lowest BCUT2D eigenvalue weighted by atomic mass is 9.76. The number of fused-ring (bicyclic) bond motifs is 3. The van der Waals surface area contributed by atoms with Gasteiger partial charge in [-0.25, -0.2) is 0 Å². The van der Waals surface area contributed by atoms with E-state index in [1.54, 1.807) is 0 Å². The third-order valence-corrected chi connectivity index (χ3v) is 5.37. The number of carbonyl (C=O) groups excluding carboxylic acids is 1. The second kappa shape index (κ2) is 5.43. The van der Waals surface area contributed by atoms with Crippen LogP contribution in [0, 0.1) is 5.92 Å². The molecule has 3 N–H and O–H groups in total. The first-order valence-electron chi connectivity index (χ1n) is 8.26. The third kappa shape index (κ3) is 2.22. The van der Waals surface area contributed by atoms with Gasteiger partial charge in [0.1, 0.15) is 0 Å². The van der Waals surface area contributed by atoms with Crippen LogP contribution in [-0.2, 0) is 11.2 Å². The van der Waals surface area contributed by atoms with Crippen LogP contribution in [0.25, 0.3) is 10.9 Å². The number of H-pyrrole nitrogens is 1. The van der Waals surface area contributed by atoms with Gasteiger partial charge in [-0.3, -0.25) is 4.79 Å². The van der Waals surface area contributed by atoms with Gasteiger partial charge in [-0.2, -0.15) is 0 Å². The van der Waals surface area contributed by atoms with Crippen LogP contribution in [0.4, 0.5) is 0 Å². The largest absolute Gasteiger partial charge is 0.381 e. The summed E-state index contributed by atoms with van der Waals surface area (Å²) in [6.07, 6.45) is 5.89. The van der Waals surface area contributed by atoms with Gasteiger partial charge in [-0.05, 0) is 61.8 Å². The highest BCUT2D eigenvalue weighted by atomic mass is 16.5. The minimum atomic E-state index is -0.353. The molecule has 1 saturated heterocycles. The number of primary amides is 1. The molecule has 0 saturated carbocycles. The standard InChI is InChI=1S/C18H22N2O2/c19-18(21)12-4-5-16-15(10-12)14-3-1-2-13(17(14)20-16)11-6-8-22-9-7-11/h4-5,10-11,13,20H,1-3,6-9H2,(H2,19,21). The van der Waals surface area contributed by atoms with Gasteiger partial charge in [0.05, 0.1) is 0 Å². The molecule has 2 heterocycles. The predicted molar refractivity (Wildman–Crippen MR) is 86.0 cm³/mol. The maximum Gasteiger partial charge on any atom is 0.248 e. The van der Waals surface area contributed by atoms with E-state index in [1.165, 1.54) is 29.5 Å². The van der Waals surface area contributed by atoms with Crippen molar-refractivity contribution in [2.24, 2.45) is 11.7 Å². The highest BCUT2D eigenvalue weighted by Gasteiger charge is 2.31. The number of benzene rings is 1. The maximum absolute atomic E-state index is 11.4. The van der Waals surface area contributed by atoms with E-state index < -0.39 is 0 Å². The Morgan fingerprint density at radius 2 is 2.05 bits per heavy atom. The van der Waals surface area contributed by atoms with E-state index in [0.717, 1.165) is 43.9 Å². The first-order valence-corrected chi connectivity index (χ1v) is 8.26. The molecule has 1 aromatic carbocycles. The van der Waals surface area contributed by atoms with Crippen molar-refractivity contribution in [3.05, 3.63) is 35.0 Å². The number of aromatic nitrogens is 1. The summed E-state index contributed by atoms with van der Waals surface area (Å²) in [5, 5.41) is 1.18. The zero-order chi connectivity index (χ0) is 15.1. The quantitative estimate of drug-likeness (QED) is 0.894. The molecule has 1 amide bonds. The zero-order valence-electron chi connectivity index (χ0n) is 12.7. The van der Waals surface area contributed by atoms with Crippen molar-refractivity contribution in [1.82, 2.24) is 4.98 Å². The molecular weight excluding hydrogens is 276 g/mol. The summed E-state index contributed by atoms with van der Waals surface area (Å²) in [7, 11) is 0. The Kier molecular flexibility index (Phi) is 3.41. The van der Waals surface area contributed by atoms with Gasteiger partial charge >= 0.3 is 0 Å². The molecule has 4 rings (SSSR count). The number of nitrogens with one attached hydrogen (secondary N) is 1. The molecular formula is C18H22N2O2. The molecule has 1 aliphatic carbocycles. The van der Waals surface area contributed by atoms with Crippen molar-refractivity contribution in [1.29, 1.82) is 0 Å². The second-order valence-electron chi connectivity index (χ2n) is 6.59. The topological polar surface area (TPSA) is 68.1 Å². The summed E-state index contributed by atoms with van der Waals surface area (Å²) in [6.45, 7) is 1.78. The van der Waals surface area contributed by atoms with E-state index in [-0.39, 0.29) is 5.91 Å². The van der Waals surface area contributed by atoms with Crippen LogP contribution in [0.15, 0.2) is 18.2 Å². The number of aryl methyl sites for hydroxylation is 1. The number of nitrogens with two attached hydrogens (primary N) is 1. The summed E-state index contributed by atoms with van der Waals surface area (Å²) in [4.78, 5) is 15.1. The third-order valence-electron chi connectivity index (χ3n) is 5.37. The number of rotatable bonds is 2. The molecule has 1 aromatic heterocycles. The Morgan fingerprint density at radius 3 is 2.82 bits per heavy atom. The lowest BCUT2D eigenvalue weighted by Crippen LogP contribution is -2.24. The van der Waals surface area contributed by atoms with Gasteiger partial charge in [0, 0.05) is 41.3 Å². The molecule has 22 heavy (non-hydrogen) atoms. The lowest BCUT2D eigenvalue weighted by molar-refractivity contribution is 0.0553. The van der Waals surface area contributed by atoms with Gasteiger partial charge in [-0.15, -0.1) is 0 Å². The molecule has 0 spiro atoms. The van der Waals surface area contributed by atoms with E-state index in [4.69, 9.17) is 10.5 Å². The average molecular weight is 298 g/mol. The van der Waals surface area contributed by atoms with E-state index in [2.05, 4.69) is 4.98 Å². The van der Waals surface area contributed by atoms with Gasteiger partial charge in [0.25, 0.3) is 0 Å². The highest BCUT2D eigenvalue weighted by molar-refractivity contribution is 5.98. The second-order valence-corrected chi connectivity index (χ2v) is 6.59.